The minimum atomic E-state index is 0.115. The molecule has 0 radical (unpaired) electrons. The fourth-order valence-electron chi connectivity index (χ4n) is 4.66. The van der Waals surface area contributed by atoms with Crippen molar-refractivity contribution in [1.29, 1.82) is 0 Å². The van der Waals surface area contributed by atoms with Crippen LogP contribution in [-0.2, 0) is 11.8 Å². The van der Waals surface area contributed by atoms with Crippen molar-refractivity contribution in [3.8, 4) is 0 Å². The van der Waals surface area contributed by atoms with Crippen LogP contribution in [0.25, 0.3) is 0 Å². The second-order valence-corrected chi connectivity index (χ2v) is 11.3. The summed E-state index contributed by atoms with van der Waals surface area (Å²) in [6, 6.07) is 22.2. The van der Waals surface area contributed by atoms with Crippen molar-refractivity contribution in [1.82, 2.24) is 9.80 Å². The van der Waals surface area contributed by atoms with Gasteiger partial charge in [0.15, 0.2) is 0 Å². The molecular formula is C28H34N4S. The van der Waals surface area contributed by atoms with Crippen molar-refractivity contribution in [3.05, 3.63) is 76.7 Å². The first-order valence-corrected chi connectivity index (χ1v) is 12.8. The lowest BCUT2D eigenvalue weighted by molar-refractivity contribution is 0.134. The number of nitrogens with one attached hydrogen (secondary N) is 1. The molecule has 0 saturated carbocycles. The summed E-state index contributed by atoms with van der Waals surface area (Å²) in [6.45, 7) is 9.93. The Labute approximate surface area is 202 Å². The lowest BCUT2D eigenvalue weighted by atomic mass is 9.94. The summed E-state index contributed by atoms with van der Waals surface area (Å²) in [5, 5.41) is 4.91. The van der Waals surface area contributed by atoms with Gasteiger partial charge >= 0.3 is 0 Å². The molecule has 2 aliphatic rings. The van der Waals surface area contributed by atoms with Gasteiger partial charge in [0.1, 0.15) is 10.8 Å². The van der Waals surface area contributed by atoms with Crippen LogP contribution in [0.3, 0.4) is 0 Å². The van der Waals surface area contributed by atoms with Gasteiger partial charge in [0.25, 0.3) is 0 Å². The first kappa shape index (κ1) is 22.2. The molecule has 1 aromatic heterocycles. The molecule has 4 nitrogen and oxygen atoms in total. The summed E-state index contributed by atoms with van der Waals surface area (Å²) in [5.41, 5.74) is 4.89. The largest absolute Gasteiger partial charge is 0.353 e. The molecule has 2 aliphatic heterocycles. The Bertz CT molecular complexity index is 1140. The van der Waals surface area contributed by atoms with Crippen molar-refractivity contribution in [2.24, 2.45) is 4.99 Å². The number of aliphatic imine (C=N–C) groups is 1. The monoisotopic (exact) mass is 458 g/mol. The SMILES string of the molecule is CN1CCN(C2=Nc3ccccc3Nc3sc(C(C)(C)C)cc32)C[C@@H]1CCc1ccccc1. The molecule has 33 heavy (non-hydrogen) atoms. The number of para-hydroxylation sites is 2. The fraction of sp³-hybridized carbons (Fsp3) is 0.393. The molecule has 1 saturated heterocycles. The van der Waals surface area contributed by atoms with Gasteiger partial charge in [0, 0.05) is 30.6 Å². The third kappa shape index (κ3) is 4.71. The summed E-state index contributed by atoms with van der Waals surface area (Å²) >= 11 is 1.87. The number of benzene rings is 2. The first-order valence-electron chi connectivity index (χ1n) is 12.0. The van der Waals surface area contributed by atoms with Crippen LogP contribution < -0.4 is 5.32 Å². The standard InChI is InChI=1S/C28H34N4S/c1-28(2,3)25-18-22-26(29-23-12-8-9-13-24(23)30-27(22)33-25)32-17-16-31(4)21(19-32)15-14-20-10-6-5-7-11-20/h5-13,18,21,30H,14-17,19H2,1-4H3/t21-/m0/s1. The number of likely N-dealkylation sites (N-methyl/N-ethyl adjacent to an activating group) is 1. The molecule has 0 aliphatic carbocycles. The van der Waals surface area contributed by atoms with Crippen LogP contribution in [0.1, 0.15) is 43.2 Å². The molecule has 3 aromatic rings. The van der Waals surface area contributed by atoms with Gasteiger partial charge in [-0.3, -0.25) is 4.90 Å². The molecular weight excluding hydrogens is 424 g/mol. The van der Waals surface area contributed by atoms with Crippen LogP contribution in [0.4, 0.5) is 16.4 Å². The number of hydrogen-bond donors (Lipinski definition) is 1. The maximum absolute atomic E-state index is 5.25. The average Bonchev–Trinajstić information content (AvgIpc) is 3.16. The number of anilines is 2. The van der Waals surface area contributed by atoms with Crippen LogP contribution in [0.5, 0.6) is 0 Å². The Kier molecular flexibility index (Phi) is 6.02. The van der Waals surface area contributed by atoms with Crippen LogP contribution in [0.15, 0.2) is 65.7 Å². The number of piperazine rings is 1. The highest BCUT2D eigenvalue weighted by molar-refractivity contribution is 7.16. The number of nitrogens with zero attached hydrogens (tertiary/aromatic N) is 3. The Hall–Kier alpha value is -2.63. The van der Waals surface area contributed by atoms with Crippen LogP contribution >= 0.6 is 11.3 Å². The zero-order chi connectivity index (χ0) is 23.0. The molecule has 0 amide bonds. The normalized spacial score (nSPS) is 18.7. The summed E-state index contributed by atoms with van der Waals surface area (Å²) < 4.78 is 0. The fourth-order valence-corrected chi connectivity index (χ4v) is 5.79. The molecule has 5 rings (SSSR count). The predicted molar refractivity (Wildman–Crippen MR) is 142 cm³/mol. The molecule has 3 heterocycles. The zero-order valence-corrected chi connectivity index (χ0v) is 21.0. The highest BCUT2D eigenvalue weighted by Gasteiger charge is 2.31. The van der Waals surface area contributed by atoms with E-state index in [1.807, 2.05) is 11.3 Å². The van der Waals surface area contributed by atoms with Crippen molar-refractivity contribution in [3.63, 3.8) is 0 Å². The Morgan fingerprint density at radius 1 is 1.03 bits per heavy atom. The van der Waals surface area contributed by atoms with E-state index in [0.717, 1.165) is 49.7 Å². The van der Waals surface area contributed by atoms with Gasteiger partial charge < -0.3 is 10.2 Å². The van der Waals surface area contributed by atoms with E-state index in [4.69, 9.17) is 4.99 Å². The molecule has 5 heteroatoms. The van der Waals surface area contributed by atoms with E-state index in [0.29, 0.717) is 6.04 Å². The molecule has 172 valence electrons. The maximum atomic E-state index is 5.25. The lowest BCUT2D eigenvalue weighted by Crippen LogP contribution is -2.53. The number of rotatable bonds is 3. The lowest BCUT2D eigenvalue weighted by Gasteiger charge is -2.41. The molecule has 1 fully saturated rings. The van der Waals surface area contributed by atoms with Gasteiger partial charge in [0.2, 0.25) is 0 Å². The molecule has 0 bridgehead atoms. The van der Waals surface area contributed by atoms with Gasteiger partial charge in [-0.2, -0.15) is 0 Å². The van der Waals surface area contributed by atoms with E-state index in [-0.39, 0.29) is 5.41 Å². The third-order valence-electron chi connectivity index (χ3n) is 6.78. The Morgan fingerprint density at radius 3 is 2.58 bits per heavy atom. The highest BCUT2D eigenvalue weighted by atomic mass is 32.1. The van der Waals surface area contributed by atoms with Crippen molar-refractivity contribution in [2.45, 2.75) is 45.1 Å². The second kappa shape index (κ2) is 8.96. The average molecular weight is 459 g/mol. The molecule has 1 atom stereocenters. The zero-order valence-electron chi connectivity index (χ0n) is 20.1. The summed E-state index contributed by atoms with van der Waals surface area (Å²) in [4.78, 5) is 11.7. The van der Waals surface area contributed by atoms with E-state index < -0.39 is 0 Å². The van der Waals surface area contributed by atoms with Crippen molar-refractivity contribution < 1.29 is 0 Å². The number of fused-ring (bicyclic) bond motifs is 2. The minimum absolute atomic E-state index is 0.115. The summed E-state index contributed by atoms with van der Waals surface area (Å²) in [5.74, 6) is 1.12. The smallest absolute Gasteiger partial charge is 0.139 e. The summed E-state index contributed by atoms with van der Waals surface area (Å²) in [7, 11) is 2.27. The quantitative estimate of drug-likeness (QED) is 0.491. The molecule has 2 aromatic carbocycles. The molecule has 1 N–H and O–H groups in total. The third-order valence-corrected chi connectivity index (χ3v) is 8.25. The summed E-state index contributed by atoms with van der Waals surface area (Å²) in [6.07, 6.45) is 2.27. The molecule has 0 unspecified atom stereocenters. The van der Waals surface area contributed by atoms with E-state index in [2.05, 4.69) is 104 Å². The predicted octanol–water partition coefficient (Wildman–Crippen LogP) is 6.43. The van der Waals surface area contributed by atoms with E-state index in [1.165, 1.54) is 21.0 Å². The van der Waals surface area contributed by atoms with Gasteiger partial charge in [0.05, 0.1) is 16.9 Å². The second-order valence-electron chi connectivity index (χ2n) is 10.3. The topological polar surface area (TPSA) is 30.9 Å². The van der Waals surface area contributed by atoms with E-state index in [9.17, 15) is 0 Å². The first-order chi connectivity index (χ1) is 15.9. The van der Waals surface area contributed by atoms with Gasteiger partial charge in [-0.05, 0) is 49.1 Å². The Morgan fingerprint density at radius 2 is 1.79 bits per heavy atom. The van der Waals surface area contributed by atoms with Gasteiger partial charge in [-0.15, -0.1) is 11.3 Å². The highest BCUT2D eigenvalue weighted by Crippen LogP contribution is 2.42. The van der Waals surface area contributed by atoms with Gasteiger partial charge in [-0.1, -0.05) is 63.2 Å². The van der Waals surface area contributed by atoms with Crippen molar-refractivity contribution >= 4 is 33.5 Å². The van der Waals surface area contributed by atoms with E-state index in [1.54, 1.807) is 0 Å². The number of thiophene rings is 1. The van der Waals surface area contributed by atoms with Crippen LogP contribution in [0.2, 0.25) is 0 Å². The number of amidine groups is 1. The van der Waals surface area contributed by atoms with E-state index >= 15 is 0 Å². The Balaban J connectivity index is 1.46. The van der Waals surface area contributed by atoms with Crippen LogP contribution in [0, 0.1) is 0 Å². The van der Waals surface area contributed by atoms with Crippen molar-refractivity contribution in [2.75, 3.05) is 32.0 Å². The van der Waals surface area contributed by atoms with Crippen LogP contribution in [-0.4, -0.2) is 48.4 Å². The van der Waals surface area contributed by atoms with Gasteiger partial charge in [-0.25, -0.2) is 4.99 Å². The number of hydrogen-bond acceptors (Lipinski definition) is 5. The maximum Gasteiger partial charge on any atom is 0.139 e. The minimum Gasteiger partial charge on any atom is -0.353 e. The number of aryl methyl sites for hydroxylation is 1. The molecule has 0 spiro atoms.